The summed E-state index contributed by atoms with van der Waals surface area (Å²) in [4.78, 5) is 41.6. The van der Waals surface area contributed by atoms with Crippen molar-refractivity contribution in [1.29, 1.82) is 0 Å². The first kappa shape index (κ1) is 26.1. The van der Waals surface area contributed by atoms with Crippen LogP contribution in [0.3, 0.4) is 0 Å². The molecule has 0 spiro atoms. The molecule has 7 heteroatoms. The normalized spacial score (nSPS) is 16.6. The number of hydrogen-bond donors (Lipinski definition) is 0. The van der Waals surface area contributed by atoms with Crippen LogP contribution in [0.5, 0.6) is 0 Å². The molecule has 0 N–H and O–H groups in total. The van der Waals surface area contributed by atoms with Crippen molar-refractivity contribution >= 4 is 28.9 Å². The molecule has 1 aliphatic heterocycles. The van der Waals surface area contributed by atoms with Gasteiger partial charge in [0, 0.05) is 41.5 Å². The summed E-state index contributed by atoms with van der Waals surface area (Å²) in [5.74, 6) is -0.0911. The van der Waals surface area contributed by atoms with Crippen LogP contribution in [-0.4, -0.2) is 22.8 Å². The number of amides is 2. The number of nitrogens with zero attached hydrogens (tertiary/aromatic N) is 3. The third-order valence-electron chi connectivity index (χ3n) is 6.96. The van der Waals surface area contributed by atoms with Gasteiger partial charge in [0.05, 0.1) is 11.0 Å². The number of unbranched alkanes of at least 4 members (excludes halogenated alkanes) is 3. The topological polar surface area (TPSA) is 83.8 Å². The summed E-state index contributed by atoms with van der Waals surface area (Å²) in [6, 6.07) is 22.4. The highest BCUT2D eigenvalue weighted by molar-refractivity contribution is 6.07. The number of para-hydroxylation sites is 1. The van der Waals surface area contributed by atoms with E-state index in [1.807, 2.05) is 54.3 Å². The number of hydrogen-bond acceptors (Lipinski definition) is 4. The van der Waals surface area contributed by atoms with Gasteiger partial charge >= 0.3 is 0 Å². The van der Waals surface area contributed by atoms with E-state index in [2.05, 4.69) is 6.92 Å². The summed E-state index contributed by atoms with van der Waals surface area (Å²) in [7, 11) is 0. The van der Waals surface area contributed by atoms with Crippen molar-refractivity contribution < 1.29 is 14.5 Å². The van der Waals surface area contributed by atoms with Crippen molar-refractivity contribution in [1.82, 2.24) is 0 Å². The minimum atomic E-state index is -0.449. The van der Waals surface area contributed by atoms with E-state index >= 15 is 0 Å². The molecular weight excluding hydrogens is 466 g/mol. The highest BCUT2D eigenvalue weighted by Gasteiger charge is 2.38. The zero-order chi connectivity index (χ0) is 26.4. The minimum Gasteiger partial charge on any atom is -0.309 e. The van der Waals surface area contributed by atoms with Gasteiger partial charge in [0.2, 0.25) is 5.91 Å². The highest BCUT2D eigenvalue weighted by atomic mass is 16.6. The number of non-ortho nitro benzene ring substituents is 1. The van der Waals surface area contributed by atoms with Gasteiger partial charge in [-0.05, 0) is 55.7 Å². The average molecular weight is 500 g/mol. The number of rotatable bonds is 9. The lowest BCUT2D eigenvalue weighted by molar-refractivity contribution is -0.384. The number of nitro benzene ring substituents is 1. The summed E-state index contributed by atoms with van der Waals surface area (Å²) in [6.07, 6.45) is 5.18. The Morgan fingerprint density at radius 1 is 0.946 bits per heavy atom. The van der Waals surface area contributed by atoms with Crippen LogP contribution in [0.4, 0.5) is 17.1 Å². The Labute approximate surface area is 217 Å². The molecule has 0 saturated carbocycles. The summed E-state index contributed by atoms with van der Waals surface area (Å²) in [5, 5.41) is 11.2. The summed E-state index contributed by atoms with van der Waals surface area (Å²) < 4.78 is 0. The maximum atomic E-state index is 13.9. The molecule has 0 radical (unpaired) electrons. The molecule has 1 aliphatic rings. The molecule has 192 valence electrons. The third kappa shape index (κ3) is 5.71. The summed E-state index contributed by atoms with van der Waals surface area (Å²) in [6.45, 7) is 4.17. The Bertz CT molecular complexity index is 1240. The Kier molecular flexibility index (Phi) is 8.33. The number of carbonyl (C=O) groups excluding carboxylic acids is 2. The SMILES string of the molecule is CCCCCCC(=O)N1c2ccccc2[C@@H](N(C(=O)c2ccccc2)c2ccc([N+](=O)[O-])cc2)C[C@H]1C. The number of nitro groups is 1. The molecule has 2 amide bonds. The zero-order valence-corrected chi connectivity index (χ0v) is 21.4. The maximum Gasteiger partial charge on any atom is 0.269 e. The first-order chi connectivity index (χ1) is 17.9. The molecule has 1 heterocycles. The largest absolute Gasteiger partial charge is 0.309 e. The Hall–Kier alpha value is -4.00. The standard InChI is InChI=1S/C30H33N3O4/c1-3-4-5-9-16-29(34)31-22(2)21-28(26-14-10-11-15-27(26)31)32(30(35)23-12-7-6-8-13-23)24-17-19-25(20-18-24)33(36)37/h6-8,10-15,17-20,22,28H,3-5,9,16,21H2,1-2H3/t22-,28+/m1/s1. The molecule has 0 aromatic heterocycles. The van der Waals surface area contributed by atoms with Gasteiger partial charge in [-0.15, -0.1) is 0 Å². The number of carbonyl (C=O) groups is 2. The predicted octanol–water partition coefficient (Wildman–Crippen LogP) is 7.08. The molecule has 0 bridgehead atoms. The molecule has 0 saturated heterocycles. The van der Waals surface area contributed by atoms with E-state index in [1.54, 1.807) is 29.2 Å². The number of fused-ring (bicyclic) bond motifs is 1. The average Bonchev–Trinajstić information content (AvgIpc) is 2.92. The first-order valence-corrected chi connectivity index (χ1v) is 13.0. The van der Waals surface area contributed by atoms with Crippen LogP contribution in [0.15, 0.2) is 78.9 Å². The Morgan fingerprint density at radius 3 is 2.30 bits per heavy atom. The van der Waals surface area contributed by atoms with Crippen molar-refractivity contribution in [3.05, 3.63) is 100 Å². The number of anilines is 2. The fraction of sp³-hybridized carbons (Fsp3) is 0.333. The van der Waals surface area contributed by atoms with E-state index in [0.29, 0.717) is 24.1 Å². The van der Waals surface area contributed by atoms with Gasteiger partial charge in [-0.3, -0.25) is 19.7 Å². The monoisotopic (exact) mass is 499 g/mol. The molecule has 3 aromatic rings. The lowest BCUT2D eigenvalue weighted by atomic mass is 9.89. The van der Waals surface area contributed by atoms with E-state index in [1.165, 1.54) is 12.1 Å². The van der Waals surface area contributed by atoms with Gasteiger partial charge in [-0.1, -0.05) is 62.6 Å². The Morgan fingerprint density at radius 2 is 1.62 bits per heavy atom. The van der Waals surface area contributed by atoms with E-state index in [-0.39, 0.29) is 29.6 Å². The third-order valence-corrected chi connectivity index (χ3v) is 6.96. The van der Waals surface area contributed by atoms with Gasteiger partial charge in [-0.2, -0.15) is 0 Å². The van der Waals surface area contributed by atoms with Crippen LogP contribution in [0.1, 0.15) is 74.3 Å². The maximum absolute atomic E-state index is 13.9. The molecule has 0 aliphatic carbocycles. The van der Waals surface area contributed by atoms with Gasteiger partial charge in [0.25, 0.3) is 11.6 Å². The summed E-state index contributed by atoms with van der Waals surface area (Å²) in [5.41, 5.74) is 2.78. The fourth-order valence-electron chi connectivity index (χ4n) is 5.12. The van der Waals surface area contributed by atoms with Crippen LogP contribution >= 0.6 is 0 Å². The van der Waals surface area contributed by atoms with Gasteiger partial charge < -0.3 is 9.80 Å². The molecule has 7 nitrogen and oxygen atoms in total. The van der Waals surface area contributed by atoms with Gasteiger partial charge in [0.1, 0.15) is 0 Å². The van der Waals surface area contributed by atoms with Crippen molar-refractivity contribution in [2.75, 3.05) is 9.80 Å². The second-order valence-corrected chi connectivity index (χ2v) is 9.55. The summed E-state index contributed by atoms with van der Waals surface area (Å²) >= 11 is 0. The van der Waals surface area contributed by atoms with Crippen molar-refractivity contribution in [2.24, 2.45) is 0 Å². The van der Waals surface area contributed by atoms with Crippen LogP contribution < -0.4 is 9.80 Å². The van der Waals surface area contributed by atoms with E-state index in [0.717, 1.165) is 36.9 Å². The van der Waals surface area contributed by atoms with E-state index in [9.17, 15) is 19.7 Å². The number of benzene rings is 3. The minimum absolute atomic E-state index is 0.0342. The Balaban J connectivity index is 1.74. The van der Waals surface area contributed by atoms with Gasteiger partial charge in [0.15, 0.2) is 0 Å². The van der Waals surface area contributed by atoms with Crippen LogP contribution in [-0.2, 0) is 4.79 Å². The molecule has 0 fully saturated rings. The van der Waals surface area contributed by atoms with Crippen LogP contribution in [0, 0.1) is 10.1 Å². The molecule has 4 rings (SSSR count). The predicted molar refractivity (Wildman–Crippen MR) is 146 cm³/mol. The highest BCUT2D eigenvalue weighted by Crippen LogP contribution is 2.43. The zero-order valence-electron chi connectivity index (χ0n) is 21.4. The second-order valence-electron chi connectivity index (χ2n) is 9.55. The first-order valence-electron chi connectivity index (χ1n) is 13.0. The molecule has 2 atom stereocenters. The van der Waals surface area contributed by atoms with E-state index in [4.69, 9.17) is 0 Å². The molecule has 3 aromatic carbocycles. The van der Waals surface area contributed by atoms with E-state index < -0.39 is 4.92 Å². The van der Waals surface area contributed by atoms with Crippen molar-refractivity contribution in [3.63, 3.8) is 0 Å². The van der Waals surface area contributed by atoms with Crippen LogP contribution in [0.25, 0.3) is 0 Å². The van der Waals surface area contributed by atoms with Crippen molar-refractivity contribution in [2.45, 2.75) is 64.5 Å². The van der Waals surface area contributed by atoms with Crippen molar-refractivity contribution in [3.8, 4) is 0 Å². The smallest absolute Gasteiger partial charge is 0.269 e. The van der Waals surface area contributed by atoms with Crippen LogP contribution in [0.2, 0.25) is 0 Å². The lowest BCUT2D eigenvalue weighted by Gasteiger charge is -2.43. The fourth-order valence-corrected chi connectivity index (χ4v) is 5.12. The molecule has 37 heavy (non-hydrogen) atoms. The molecular formula is C30H33N3O4. The van der Waals surface area contributed by atoms with Gasteiger partial charge in [-0.25, -0.2) is 0 Å². The second kappa shape index (κ2) is 11.8. The quantitative estimate of drug-likeness (QED) is 0.179. The lowest BCUT2D eigenvalue weighted by Crippen LogP contribution is -2.47. The molecule has 0 unspecified atom stereocenters.